The predicted octanol–water partition coefficient (Wildman–Crippen LogP) is 4.13. The zero-order chi connectivity index (χ0) is 22.2. The standard InChI is InChI=1S/C24H22N2O4S/c1-16-11-12-19(17(2)13-16)15-26-20-8-4-3-7-18(20)14-21(26)24(28)25-31(29,30)23-10-6-5-9-22(23)27/h3-14,27H,15H2,1-2H3,(H,25,28). The molecule has 4 rings (SSSR count). The largest absolute Gasteiger partial charge is 0.507 e. The van der Waals surface area contributed by atoms with Crippen LogP contribution < -0.4 is 4.72 Å². The molecule has 0 saturated heterocycles. The minimum atomic E-state index is -4.24. The molecule has 2 N–H and O–H groups in total. The smallest absolute Gasteiger partial charge is 0.281 e. The molecular weight excluding hydrogens is 412 g/mol. The average molecular weight is 435 g/mol. The van der Waals surface area contributed by atoms with E-state index in [1.54, 1.807) is 6.07 Å². The van der Waals surface area contributed by atoms with Gasteiger partial charge in [0.2, 0.25) is 0 Å². The first-order valence-corrected chi connectivity index (χ1v) is 11.2. The number of phenols is 1. The number of aromatic hydroxyl groups is 1. The van der Waals surface area contributed by atoms with Crippen molar-refractivity contribution in [3.05, 3.63) is 95.2 Å². The van der Waals surface area contributed by atoms with E-state index in [1.807, 2.05) is 54.8 Å². The van der Waals surface area contributed by atoms with Gasteiger partial charge in [0.05, 0.1) is 0 Å². The van der Waals surface area contributed by atoms with Gasteiger partial charge < -0.3 is 9.67 Å². The molecular formula is C24H22N2O4S. The number of benzene rings is 3. The molecule has 1 aromatic heterocycles. The predicted molar refractivity (Wildman–Crippen MR) is 120 cm³/mol. The summed E-state index contributed by atoms with van der Waals surface area (Å²) in [6, 6.07) is 20.8. The van der Waals surface area contributed by atoms with Crippen LogP contribution >= 0.6 is 0 Å². The third kappa shape index (κ3) is 4.04. The second kappa shape index (κ2) is 7.92. The van der Waals surface area contributed by atoms with Crippen LogP contribution in [0, 0.1) is 13.8 Å². The van der Waals surface area contributed by atoms with Gasteiger partial charge in [0.1, 0.15) is 16.3 Å². The number of phenolic OH excluding ortho intramolecular Hbond substituents is 1. The van der Waals surface area contributed by atoms with Crippen molar-refractivity contribution >= 4 is 26.8 Å². The number of amides is 1. The lowest BCUT2D eigenvalue weighted by atomic mass is 10.1. The van der Waals surface area contributed by atoms with Crippen molar-refractivity contribution in [1.82, 2.24) is 9.29 Å². The average Bonchev–Trinajstić information content (AvgIpc) is 3.09. The molecule has 0 fully saturated rings. The molecule has 6 nitrogen and oxygen atoms in total. The third-order valence-electron chi connectivity index (χ3n) is 5.25. The number of carbonyl (C=O) groups excluding carboxylic acids is 1. The van der Waals surface area contributed by atoms with Crippen LogP contribution in [0.2, 0.25) is 0 Å². The van der Waals surface area contributed by atoms with Crippen molar-refractivity contribution in [3.63, 3.8) is 0 Å². The van der Waals surface area contributed by atoms with Gasteiger partial charge in [0.15, 0.2) is 0 Å². The van der Waals surface area contributed by atoms with Crippen LogP contribution in [-0.4, -0.2) is 24.0 Å². The van der Waals surface area contributed by atoms with Crippen LogP contribution in [0.25, 0.3) is 10.9 Å². The Bertz CT molecular complexity index is 1400. The molecule has 0 saturated carbocycles. The lowest BCUT2D eigenvalue weighted by Gasteiger charge is -2.14. The normalized spacial score (nSPS) is 11.5. The fourth-order valence-electron chi connectivity index (χ4n) is 3.68. The SMILES string of the molecule is Cc1ccc(Cn2c(C(=O)NS(=O)(=O)c3ccccc3O)cc3ccccc32)c(C)c1. The molecule has 7 heteroatoms. The Hall–Kier alpha value is -3.58. The number of aryl methyl sites for hydroxylation is 2. The van der Waals surface area contributed by atoms with Crippen LogP contribution in [0.15, 0.2) is 77.7 Å². The van der Waals surface area contributed by atoms with Gasteiger partial charge in [-0.1, -0.05) is 54.1 Å². The van der Waals surface area contributed by atoms with Crippen molar-refractivity contribution in [3.8, 4) is 5.75 Å². The Labute approximate surface area is 180 Å². The number of nitrogens with zero attached hydrogens (tertiary/aromatic N) is 1. The first-order valence-electron chi connectivity index (χ1n) is 9.76. The second-order valence-corrected chi connectivity index (χ2v) is 9.16. The van der Waals surface area contributed by atoms with Gasteiger partial charge in [0, 0.05) is 17.4 Å². The summed E-state index contributed by atoms with van der Waals surface area (Å²) in [6.45, 7) is 4.44. The van der Waals surface area contributed by atoms with Gasteiger partial charge >= 0.3 is 0 Å². The second-order valence-electron chi connectivity index (χ2n) is 7.51. The van der Waals surface area contributed by atoms with E-state index in [0.717, 1.165) is 27.6 Å². The van der Waals surface area contributed by atoms with E-state index >= 15 is 0 Å². The number of fused-ring (bicyclic) bond motifs is 1. The minimum absolute atomic E-state index is 0.222. The summed E-state index contributed by atoms with van der Waals surface area (Å²) in [6.07, 6.45) is 0. The van der Waals surface area contributed by atoms with Crippen molar-refractivity contribution in [2.75, 3.05) is 0 Å². The van der Waals surface area contributed by atoms with Crippen molar-refractivity contribution in [2.45, 2.75) is 25.3 Å². The molecule has 0 atom stereocenters. The number of sulfonamides is 1. The maximum absolute atomic E-state index is 13.1. The van der Waals surface area contributed by atoms with E-state index in [2.05, 4.69) is 10.8 Å². The summed E-state index contributed by atoms with van der Waals surface area (Å²) < 4.78 is 29.3. The van der Waals surface area contributed by atoms with E-state index in [9.17, 15) is 18.3 Å². The van der Waals surface area contributed by atoms with E-state index in [1.165, 1.54) is 24.3 Å². The molecule has 4 aromatic rings. The molecule has 1 heterocycles. The topological polar surface area (TPSA) is 88.4 Å². The summed E-state index contributed by atoms with van der Waals surface area (Å²) in [5.41, 5.74) is 4.31. The Balaban J connectivity index is 1.76. The summed E-state index contributed by atoms with van der Waals surface area (Å²) >= 11 is 0. The van der Waals surface area contributed by atoms with Gasteiger partial charge in [-0.2, -0.15) is 0 Å². The molecule has 158 valence electrons. The molecule has 0 aliphatic rings. The molecule has 0 aliphatic heterocycles. The van der Waals surface area contributed by atoms with E-state index in [4.69, 9.17) is 0 Å². The van der Waals surface area contributed by atoms with Crippen LogP contribution in [0.4, 0.5) is 0 Å². The van der Waals surface area contributed by atoms with Gasteiger partial charge in [0.25, 0.3) is 15.9 Å². The first kappa shape index (κ1) is 20.7. The molecule has 0 aliphatic carbocycles. The maximum Gasteiger partial charge on any atom is 0.281 e. The molecule has 0 bridgehead atoms. The number of hydrogen-bond acceptors (Lipinski definition) is 4. The fourth-order valence-corrected chi connectivity index (χ4v) is 4.74. The lowest BCUT2D eigenvalue weighted by Crippen LogP contribution is -2.32. The highest BCUT2D eigenvalue weighted by atomic mass is 32.2. The maximum atomic E-state index is 13.1. The van der Waals surface area contributed by atoms with Crippen molar-refractivity contribution in [1.29, 1.82) is 0 Å². The van der Waals surface area contributed by atoms with Crippen LogP contribution in [-0.2, 0) is 16.6 Å². The monoisotopic (exact) mass is 434 g/mol. The van der Waals surface area contributed by atoms with E-state index in [-0.39, 0.29) is 10.6 Å². The van der Waals surface area contributed by atoms with Crippen molar-refractivity contribution < 1.29 is 18.3 Å². The van der Waals surface area contributed by atoms with Crippen LogP contribution in [0.3, 0.4) is 0 Å². The zero-order valence-electron chi connectivity index (χ0n) is 17.2. The van der Waals surface area contributed by atoms with Crippen LogP contribution in [0.1, 0.15) is 27.2 Å². The Kier molecular flexibility index (Phi) is 5.29. The number of rotatable bonds is 5. The Morgan fingerprint density at radius 3 is 2.42 bits per heavy atom. The Morgan fingerprint density at radius 2 is 1.68 bits per heavy atom. The number of carbonyl (C=O) groups is 1. The molecule has 0 spiro atoms. The van der Waals surface area contributed by atoms with Gasteiger partial charge in [-0.05, 0) is 49.2 Å². The molecule has 31 heavy (non-hydrogen) atoms. The minimum Gasteiger partial charge on any atom is -0.507 e. The first-order chi connectivity index (χ1) is 14.8. The van der Waals surface area contributed by atoms with Gasteiger partial charge in [-0.15, -0.1) is 0 Å². The van der Waals surface area contributed by atoms with Crippen LogP contribution in [0.5, 0.6) is 5.75 Å². The zero-order valence-corrected chi connectivity index (χ0v) is 18.0. The fraction of sp³-hybridized carbons (Fsp3) is 0.125. The molecule has 0 unspecified atom stereocenters. The quantitative estimate of drug-likeness (QED) is 0.494. The van der Waals surface area contributed by atoms with Crippen molar-refractivity contribution in [2.24, 2.45) is 0 Å². The van der Waals surface area contributed by atoms with Gasteiger partial charge in [-0.3, -0.25) is 4.79 Å². The summed E-state index contributed by atoms with van der Waals surface area (Å²) in [5, 5.41) is 10.7. The Morgan fingerprint density at radius 1 is 0.968 bits per heavy atom. The summed E-state index contributed by atoms with van der Waals surface area (Å²) in [5.74, 6) is -1.18. The highest BCUT2D eigenvalue weighted by molar-refractivity contribution is 7.90. The number of hydrogen-bond donors (Lipinski definition) is 2. The van der Waals surface area contributed by atoms with E-state index < -0.39 is 21.7 Å². The number of para-hydroxylation sites is 2. The summed E-state index contributed by atoms with van der Waals surface area (Å²) in [4.78, 5) is 12.7. The molecule has 0 radical (unpaired) electrons. The van der Waals surface area contributed by atoms with E-state index in [0.29, 0.717) is 6.54 Å². The highest BCUT2D eigenvalue weighted by Gasteiger charge is 2.24. The third-order valence-corrected chi connectivity index (χ3v) is 6.63. The van der Waals surface area contributed by atoms with Gasteiger partial charge in [-0.25, -0.2) is 13.1 Å². The molecule has 3 aromatic carbocycles. The summed E-state index contributed by atoms with van der Waals surface area (Å²) in [7, 11) is -4.24. The highest BCUT2D eigenvalue weighted by Crippen LogP contribution is 2.25. The number of nitrogens with one attached hydrogen (secondary N) is 1. The number of aromatic nitrogens is 1. The lowest BCUT2D eigenvalue weighted by molar-refractivity contribution is 0.0973. The molecule has 1 amide bonds.